The third kappa shape index (κ3) is 6.11. The fourth-order valence-electron chi connectivity index (χ4n) is 2.86. The third-order valence-corrected chi connectivity index (χ3v) is 6.56. The van der Waals surface area contributed by atoms with Gasteiger partial charge in [-0.05, 0) is 56.7 Å². The van der Waals surface area contributed by atoms with E-state index in [9.17, 15) is 27.2 Å². The summed E-state index contributed by atoms with van der Waals surface area (Å²) in [4.78, 5) is 33.2. The highest BCUT2D eigenvalue weighted by molar-refractivity contribution is 7.99. The number of rotatable bonds is 7. The molecule has 0 aliphatic carbocycles. The topological polar surface area (TPSA) is 81.2 Å². The van der Waals surface area contributed by atoms with Crippen molar-refractivity contribution < 1.29 is 31.9 Å². The summed E-state index contributed by atoms with van der Waals surface area (Å²) in [6.07, 6.45) is -4.74. The van der Waals surface area contributed by atoms with Gasteiger partial charge in [0, 0.05) is 10.4 Å². The Morgan fingerprint density at radius 1 is 1.15 bits per heavy atom. The molecule has 1 aromatic carbocycles. The highest BCUT2D eigenvalue weighted by Gasteiger charge is 2.34. The van der Waals surface area contributed by atoms with Crippen molar-refractivity contribution in [3.8, 4) is 11.3 Å². The lowest BCUT2D eigenvalue weighted by atomic mass is 10.1. The summed E-state index contributed by atoms with van der Waals surface area (Å²) in [7, 11) is 0. The molecule has 34 heavy (non-hydrogen) atoms. The van der Waals surface area contributed by atoms with Gasteiger partial charge in [-0.2, -0.15) is 13.2 Å². The van der Waals surface area contributed by atoms with Crippen LogP contribution in [0.1, 0.15) is 33.4 Å². The standard InChI is InChI=1S/C22H19F4N3O3S2/c1-4-32-20(31)18-11(2)12(3)34-19(18)29-17(30)10-33-21-27-15(9-16(28-21)22(24,25)26)13-5-7-14(23)8-6-13/h5-9H,4,10H2,1-3H3,(H,29,30). The molecule has 0 radical (unpaired) electrons. The molecule has 6 nitrogen and oxygen atoms in total. The van der Waals surface area contributed by atoms with Crippen LogP contribution in [0.15, 0.2) is 35.5 Å². The van der Waals surface area contributed by atoms with Crippen LogP contribution in [0.3, 0.4) is 0 Å². The van der Waals surface area contributed by atoms with E-state index in [1.807, 2.05) is 0 Å². The fourth-order valence-corrected chi connectivity index (χ4v) is 4.58. The number of anilines is 1. The van der Waals surface area contributed by atoms with Crippen LogP contribution in [0.25, 0.3) is 11.3 Å². The van der Waals surface area contributed by atoms with Crippen molar-refractivity contribution in [3.63, 3.8) is 0 Å². The Kier molecular flexibility index (Phi) is 7.93. The van der Waals surface area contributed by atoms with E-state index in [1.165, 1.54) is 23.5 Å². The first kappa shape index (κ1) is 25.6. The first-order valence-electron chi connectivity index (χ1n) is 9.91. The molecule has 2 aromatic heterocycles. The summed E-state index contributed by atoms with van der Waals surface area (Å²) in [5.74, 6) is -1.97. The Bertz CT molecular complexity index is 1210. The highest BCUT2D eigenvalue weighted by atomic mass is 32.2. The highest BCUT2D eigenvalue weighted by Crippen LogP contribution is 2.34. The molecule has 180 valence electrons. The van der Waals surface area contributed by atoms with Gasteiger partial charge >= 0.3 is 12.1 Å². The summed E-state index contributed by atoms with van der Waals surface area (Å²) >= 11 is 1.90. The fraction of sp³-hybridized carbons (Fsp3) is 0.273. The minimum atomic E-state index is -4.74. The lowest BCUT2D eigenvalue weighted by Crippen LogP contribution is -2.17. The molecular formula is C22H19F4N3O3S2. The largest absolute Gasteiger partial charge is 0.462 e. The predicted octanol–water partition coefficient (Wildman–Crippen LogP) is 5.89. The summed E-state index contributed by atoms with van der Waals surface area (Å²) in [6.45, 7) is 5.35. The second kappa shape index (κ2) is 10.5. The number of thioether (sulfide) groups is 1. The molecule has 1 amide bonds. The molecule has 0 spiro atoms. The quantitative estimate of drug-likeness (QED) is 0.184. The second-order valence-electron chi connectivity index (χ2n) is 6.97. The zero-order valence-corrected chi connectivity index (χ0v) is 19.9. The van der Waals surface area contributed by atoms with Crippen molar-refractivity contribution in [1.82, 2.24) is 9.97 Å². The molecular weight excluding hydrogens is 494 g/mol. The molecule has 0 atom stereocenters. The van der Waals surface area contributed by atoms with Gasteiger partial charge < -0.3 is 10.1 Å². The SMILES string of the molecule is CCOC(=O)c1c(NC(=O)CSc2nc(-c3ccc(F)cc3)cc(C(F)(F)F)n2)sc(C)c1C. The Hall–Kier alpha value is -2.99. The average molecular weight is 514 g/mol. The van der Waals surface area contributed by atoms with E-state index < -0.39 is 29.6 Å². The number of ether oxygens (including phenoxy) is 1. The molecule has 0 saturated carbocycles. The molecule has 0 aliphatic heterocycles. The normalized spacial score (nSPS) is 11.4. The van der Waals surface area contributed by atoms with E-state index in [4.69, 9.17) is 4.74 Å². The van der Waals surface area contributed by atoms with Crippen LogP contribution in [0, 0.1) is 19.7 Å². The number of alkyl halides is 3. The number of hydrogen-bond donors (Lipinski definition) is 1. The zero-order chi connectivity index (χ0) is 25.0. The summed E-state index contributed by atoms with van der Waals surface area (Å²) in [5.41, 5.74) is -0.0458. The molecule has 0 aliphatic rings. The smallest absolute Gasteiger partial charge is 0.433 e. The molecule has 0 unspecified atom stereocenters. The monoisotopic (exact) mass is 513 g/mol. The van der Waals surface area contributed by atoms with Gasteiger partial charge in [0.25, 0.3) is 0 Å². The van der Waals surface area contributed by atoms with Crippen molar-refractivity contribution in [2.75, 3.05) is 17.7 Å². The first-order valence-corrected chi connectivity index (χ1v) is 11.7. The Morgan fingerprint density at radius 2 is 1.82 bits per heavy atom. The average Bonchev–Trinajstić information content (AvgIpc) is 3.05. The number of esters is 1. The third-order valence-electron chi connectivity index (χ3n) is 4.59. The Labute approximate surface area is 200 Å². The number of carbonyl (C=O) groups excluding carboxylic acids is 2. The minimum absolute atomic E-state index is 0.0562. The number of benzene rings is 1. The number of halogens is 4. The number of carbonyl (C=O) groups is 2. The first-order chi connectivity index (χ1) is 16.0. The lowest BCUT2D eigenvalue weighted by Gasteiger charge is -2.11. The van der Waals surface area contributed by atoms with E-state index in [0.717, 1.165) is 23.1 Å². The van der Waals surface area contributed by atoms with Gasteiger partial charge in [-0.3, -0.25) is 4.79 Å². The number of hydrogen-bond acceptors (Lipinski definition) is 7. The molecule has 12 heteroatoms. The van der Waals surface area contributed by atoms with Gasteiger partial charge in [-0.1, -0.05) is 11.8 Å². The number of nitrogens with one attached hydrogen (secondary N) is 1. The van der Waals surface area contributed by atoms with Gasteiger partial charge in [-0.25, -0.2) is 19.2 Å². The van der Waals surface area contributed by atoms with E-state index in [2.05, 4.69) is 15.3 Å². The number of aryl methyl sites for hydroxylation is 1. The van der Waals surface area contributed by atoms with Gasteiger partial charge in [-0.15, -0.1) is 11.3 Å². The maximum atomic E-state index is 13.4. The van der Waals surface area contributed by atoms with Crippen molar-refractivity contribution in [3.05, 3.63) is 57.8 Å². The summed E-state index contributed by atoms with van der Waals surface area (Å²) in [5, 5.41) is 2.65. The number of nitrogens with zero attached hydrogens (tertiary/aromatic N) is 2. The van der Waals surface area contributed by atoms with Crippen molar-refractivity contribution in [2.45, 2.75) is 32.1 Å². The molecule has 1 N–H and O–H groups in total. The van der Waals surface area contributed by atoms with E-state index in [0.29, 0.717) is 22.3 Å². The molecule has 3 rings (SSSR count). The van der Waals surface area contributed by atoms with E-state index in [-0.39, 0.29) is 34.3 Å². The zero-order valence-electron chi connectivity index (χ0n) is 18.2. The predicted molar refractivity (Wildman–Crippen MR) is 122 cm³/mol. The van der Waals surface area contributed by atoms with Crippen LogP contribution < -0.4 is 5.32 Å². The maximum Gasteiger partial charge on any atom is 0.433 e. The number of thiophene rings is 1. The van der Waals surface area contributed by atoms with Gasteiger partial charge in [0.05, 0.1) is 23.6 Å². The number of aromatic nitrogens is 2. The van der Waals surface area contributed by atoms with Crippen LogP contribution in [0.2, 0.25) is 0 Å². The summed E-state index contributed by atoms with van der Waals surface area (Å²) in [6, 6.07) is 5.59. The van der Waals surface area contributed by atoms with Gasteiger partial charge in [0.2, 0.25) is 5.91 Å². The Morgan fingerprint density at radius 3 is 2.44 bits per heavy atom. The van der Waals surface area contributed by atoms with Crippen LogP contribution >= 0.6 is 23.1 Å². The maximum absolute atomic E-state index is 13.4. The van der Waals surface area contributed by atoms with Crippen LogP contribution in [0.4, 0.5) is 22.6 Å². The molecule has 0 fully saturated rings. The van der Waals surface area contributed by atoms with E-state index in [1.54, 1.807) is 20.8 Å². The molecule has 2 heterocycles. The second-order valence-corrected chi connectivity index (χ2v) is 9.14. The summed E-state index contributed by atoms with van der Waals surface area (Å²) < 4.78 is 58.3. The van der Waals surface area contributed by atoms with E-state index >= 15 is 0 Å². The molecule has 0 bridgehead atoms. The lowest BCUT2D eigenvalue weighted by molar-refractivity contribution is -0.141. The Balaban J connectivity index is 1.81. The molecule has 3 aromatic rings. The van der Waals surface area contributed by atoms with Crippen molar-refractivity contribution in [1.29, 1.82) is 0 Å². The van der Waals surface area contributed by atoms with Crippen LogP contribution in [-0.4, -0.2) is 34.2 Å². The molecule has 0 saturated heterocycles. The van der Waals surface area contributed by atoms with Crippen LogP contribution in [0.5, 0.6) is 0 Å². The van der Waals surface area contributed by atoms with Crippen molar-refractivity contribution in [2.24, 2.45) is 0 Å². The van der Waals surface area contributed by atoms with Crippen molar-refractivity contribution >= 4 is 40.0 Å². The number of amides is 1. The van der Waals surface area contributed by atoms with Crippen LogP contribution in [-0.2, 0) is 15.7 Å². The van der Waals surface area contributed by atoms with Gasteiger partial charge in [0.1, 0.15) is 16.5 Å². The van der Waals surface area contributed by atoms with Gasteiger partial charge in [0.15, 0.2) is 5.16 Å². The minimum Gasteiger partial charge on any atom is -0.462 e.